The van der Waals surface area contributed by atoms with E-state index in [1.807, 2.05) is 13.8 Å². The fraction of sp³-hybridized carbons (Fsp3) is 0.524. The number of hydrogen-bond donors (Lipinski definition) is 1. The molecule has 0 heterocycles. The van der Waals surface area contributed by atoms with Gasteiger partial charge in [-0.1, -0.05) is 57.1 Å². The van der Waals surface area contributed by atoms with Crippen LogP contribution >= 0.6 is 0 Å². The molecule has 0 aliphatic rings. The van der Waals surface area contributed by atoms with Gasteiger partial charge in [0.15, 0.2) is 0 Å². The van der Waals surface area contributed by atoms with Gasteiger partial charge in [-0.2, -0.15) is 0 Å². The van der Waals surface area contributed by atoms with Gasteiger partial charge in [0.05, 0.1) is 12.7 Å². The van der Waals surface area contributed by atoms with Crippen LogP contribution in [-0.2, 0) is 23.9 Å². The molecule has 7 nitrogen and oxygen atoms in total. The van der Waals surface area contributed by atoms with Crippen molar-refractivity contribution in [2.24, 2.45) is 0 Å². The van der Waals surface area contributed by atoms with E-state index >= 15 is 0 Å². The summed E-state index contributed by atoms with van der Waals surface area (Å²) >= 11 is 0. The summed E-state index contributed by atoms with van der Waals surface area (Å²) in [5.41, 5.74) is 0. The topological polar surface area (TPSA) is 101 Å². The fourth-order valence-corrected chi connectivity index (χ4v) is 2.26. The van der Waals surface area contributed by atoms with E-state index < -0.39 is 36.2 Å². The number of hydrogen-bond acceptors (Lipinski definition) is 5. The SMILES string of the molecule is C/C=C/OC(=O)CC(C(=O)O)N(C(=O)C/C=C/CCC)C(=O)C/C=C/CCC. The molecule has 28 heavy (non-hydrogen) atoms. The number of carbonyl (C=O) groups excluding carboxylic acids is 3. The summed E-state index contributed by atoms with van der Waals surface area (Å²) in [6.07, 6.45) is 11.9. The van der Waals surface area contributed by atoms with Crippen molar-refractivity contribution < 1.29 is 29.0 Å². The Bertz CT molecular complexity index is 576. The fourth-order valence-electron chi connectivity index (χ4n) is 2.26. The van der Waals surface area contributed by atoms with Crippen LogP contribution in [0.5, 0.6) is 0 Å². The van der Waals surface area contributed by atoms with Gasteiger partial charge in [0.2, 0.25) is 11.8 Å². The van der Waals surface area contributed by atoms with Gasteiger partial charge in [0.1, 0.15) is 6.04 Å². The highest BCUT2D eigenvalue weighted by molar-refractivity contribution is 6.01. The number of amides is 2. The Hall–Kier alpha value is -2.70. The lowest BCUT2D eigenvalue weighted by molar-refractivity contribution is -0.160. The summed E-state index contributed by atoms with van der Waals surface area (Å²) in [5, 5.41) is 9.53. The van der Waals surface area contributed by atoms with E-state index in [4.69, 9.17) is 4.74 Å². The molecule has 0 bridgehead atoms. The van der Waals surface area contributed by atoms with E-state index in [1.165, 1.54) is 6.08 Å². The Balaban J connectivity index is 5.47. The minimum absolute atomic E-state index is 0.113. The van der Waals surface area contributed by atoms with Crippen molar-refractivity contribution in [1.29, 1.82) is 0 Å². The molecule has 0 aromatic heterocycles. The van der Waals surface area contributed by atoms with Crippen molar-refractivity contribution in [3.8, 4) is 0 Å². The summed E-state index contributed by atoms with van der Waals surface area (Å²) in [7, 11) is 0. The van der Waals surface area contributed by atoms with Crippen LogP contribution in [0, 0.1) is 0 Å². The Labute approximate surface area is 166 Å². The molecule has 0 saturated carbocycles. The number of carbonyl (C=O) groups is 4. The van der Waals surface area contributed by atoms with E-state index in [-0.39, 0.29) is 12.8 Å². The zero-order valence-electron chi connectivity index (χ0n) is 16.9. The molecule has 0 rings (SSSR count). The van der Waals surface area contributed by atoms with E-state index in [0.717, 1.165) is 31.9 Å². The van der Waals surface area contributed by atoms with Crippen LogP contribution in [-0.4, -0.2) is 39.8 Å². The standard InChI is InChI=1S/C21H31NO6/c1-4-7-9-11-13-18(23)22(19(24)14-12-10-8-5-2)17(21(26)27)16-20(25)28-15-6-3/h6,9-12,15,17H,4-5,7-8,13-14,16H2,1-3H3,(H,26,27)/b11-9+,12-10+,15-6+. The molecule has 0 fully saturated rings. The molecule has 0 radical (unpaired) electrons. The number of carboxylic acids is 1. The van der Waals surface area contributed by atoms with E-state index in [0.29, 0.717) is 4.90 Å². The Morgan fingerprint density at radius 3 is 1.82 bits per heavy atom. The lowest BCUT2D eigenvalue weighted by atomic mass is 10.1. The smallest absolute Gasteiger partial charge is 0.327 e. The molecule has 0 saturated heterocycles. The van der Waals surface area contributed by atoms with Crippen LogP contribution in [0.3, 0.4) is 0 Å². The second kappa shape index (κ2) is 15.4. The van der Waals surface area contributed by atoms with Crippen LogP contribution in [0.4, 0.5) is 0 Å². The maximum atomic E-state index is 12.6. The number of carboxylic acid groups (broad SMARTS) is 1. The summed E-state index contributed by atoms with van der Waals surface area (Å²) in [6.45, 7) is 5.61. The first-order valence-electron chi connectivity index (χ1n) is 9.57. The first-order chi connectivity index (χ1) is 13.4. The molecule has 1 atom stereocenters. The van der Waals surface area contributed by atoms with Gasteiger partial charge in [0.25, 0.3) is 0 Å². The van der Waals surface area contributed by atoms with Crippen LogP contribution < -0.4 is 0 Å². The Morgan fingerprint density at radius 1 is 0.929 bits per heavy atom. The minimum Gasteiger partial charge on any atom is -0.480 e. The number of ether oxygens (including phenoxy) is 1. The quantitative estimate of drug-likeness (QED) is 0.290. The predicted molar refractivity (Wildman–Crippen MR) is 106 cm³/mol. The highest BCUT2D eigenvalue weighted by Gasteiger charge is 2.35. The highest BCUT2D eigenvalue weighted by Crippen LogP contribution is 2.13. The Kier molecular flexibility index (Phi) is 13.9. The number of unbranched alkanes of at least 4 members (excludes halogenated alkanes) is 2. The molecule has 0 aromatic carbocycles. The third-order valence-corrected chi connectivity index (χ3v) is 3.66. The number of rotatable bonds is 13. The van der Waals surface area contributed by atoms with Gasteiger partial charge in [-0.05, 0) is 19.8 Å². The molecule has 0 spiro atoms. The molecule has 0 aliphatic heterocycles. The van der Waals surface area contributed by atoms with Crippen molar-refractivity contribution in [1.82, 2.24) is 4.90 Å². The van der Waals surface area contributed by atoms with Gasteiger partial charge in [-0.15, -0.1) is 0 Å². The van der Waals surface area contributed by atoms with E-state index in [9.17, 15) is 24.3 Å². The van der Waals surface area contributed by atoms with Crippen LogP contribution in [0.2, 0.25) is 0 Å². The van der Waals surface area contributed by atoms with Gasteiger partial charge in [-0.3, -0.25) is 19.3 Å². The number of esters is 1. The maximum absolute atomic E-state index is 12.6. The third-order valence-electron chi connectivity index (χ3n) is 3.66. The molecular weight excluding hydrogens is 362 g/mol. The lowest BCUT2D eigenvalue weighted by Crippen LogP contribution is -2.49. The van der Waals surface area contributed by atoms with Crippen LogP contribution in [0.25, 0.3) is 0 Å². The molecule has 156 valence electrons. The zero-order valence-corrected chi connectivity index (χ0v) is 16.9. The molecule has 2 amide bonds. The van der Waals surface area contributed by atoms with Gasteiger partial charge in [0, 0.05) is 12.8 Å². The summed E-state index contributed by atoms with van der Waals surface area (Å²) in [5.74, 6) is -3.59. The normalized spacial score (nSPS) is 12.5. The van der Waals surface area contributed by atoms with E-state index in [1.54, 1.807) is 31.2 Å². The monoisotopic (exact) mass is 393 g/mol. The maximum Gasteiger partial charge on any atom is 0.327 e. The first-order valence-corrected chi connectivity index (χ1v) is 9.57. The van der Waals surface area contributed by atoms with Crippen molar-refractivity contribution >= 4 is 23.8 Å². The third kappa shape index (κ3) is 10.4. The van der Waals surface area contributed by atoms with Crippen molar-refractivity contribution in [2.75, 3.05) is 0 Å². The first kappa shape index (κ1) is 25.3. The van der Waals surface area contributed by atoms with Crippen LogP contribution in [0.1, 0.15) is 65.7 Å². The summed E-state index contributed by atoms with van der Waals surface area (Å²) in [4.78, 5) is 49.4. The number of imide groups is 1. The number of aliphatic carboxylic acids is 1. The van der Waals surface area contributed by atoms with Gasteiger partial charge >= 0.3 is 11.9 Å². The van der Waals surface area contributed by atoms with Gasteiger partial charge < -0.3 is 9.84 Å². The predicted octanol–water partition coefficient (Wildman–Crippen LogP) is 3.75. The zero-order chi connectivity index (χ0) is 21.4. The van der Waals surface area contributed by atoms with Crippen LogP contribution in [0.15, 0.2) is 36.6 Å². The average Bonchev–Trinajstić information content (AvgIpc) is 2.66. The van der Waals surface area contributed by atoms with Crippen molar-refractivity contribution in [2.45, 2.75) is 71.8 Å². The average molecular weight is 393 g/mol. The second-order valence-corrected chi connectivity index (χ2v) is 6.10. The molecule has 1 unspecified atom stereocenters. The largest absolute Gasteiger partial charge is 0.480 e. The minimum atomic E-state index is -1.61. The highest BCUT2D eigenvalue weighted by atomic mass is 16.5. The number of nitrogens with zero attached hydrogens (tertiary/aromatic N) is 1. The molecule has 0 aliphatic carbocycles. The Morgan fingerprint density at radius 2 is 1.43 bits per heavy atom. The summed E-state index contributed by atoms with van der Waals surface area (Å²) < 4.78 is 4.75. The van der Waals surface area contributed by atoms with Gasteiger partial charge in [-0.25, -0.2) is 4.79 Å². The van der Waals surface area contributed by atoms with E-state index in [2.05, 4.69) is 0 Å². The van der Waals surface area contributed by atoms with Crippen molar-refractivity contribution in [3.63, 3.8) is 0 Å². The summed E-state index contributed by atoms with van der Waals surface area (Å²) in [6, 6.07) is -1.61. The molecule has 7 heteroatoms. The molecule has 0 aromatic rings. The van der Waals surface area contributed by atoms with Crippen molar-refractivity contribution in [3.05, 3.63) is 36.6 Å². The molecule has 1 N–H and O–H groups in total. The molecular formula is C21H31NO6. The lowest BCUT2D eigenvalue weighted by Gasteiger charge is -2.26. The number of allylic oxidation sites excluding steroid dienone is 3. The second-order valence-electron chi connectivity index (χ2n) is 6.10.